The fourth-order valence-corrected chi connectivity index (χ4v) is 3.02. The van der Waals surface area contributed by atoms with E-state index in [9.17, 15) is 4.79 Å². The summed E-state index contributed by atoms with van der Waals surface area (Å²) in [6, 6.07) is 5.65. The van der Waals surface area contributed by atoms with Gasteiger partial charge in [-0.05, 0) is 33.4 Å². The van der Waals surface area contributed by atoms with E-state index in [0.29, 0.717) is 25.3 Å². The summed E-state index contributed by atoms with van der Waals surface area (Å²) in [4.78, 5) is 19.5. The number of halogens is 2. The zero-order chi connectivity index (χ0) is 15.2. The van der Waals surface area contributed by atoms with Crippen LogP contribution >= 0.6 is 38.9 Å². The number of carbonyl (C=O) groups excluding carboxylic acids is 1. The van der Waals surface area contributed by atoms with Crippen molar-refractivity contribution in [1.29, 1.82) is 0 Å². The van der Waals surface area contributed by atoms with Crippen LogP contribution in [0.25, 0.3) is 0 Å². The van der Waals surface area contributed by atoms with E-state index in [-0.39, 0.29) is 11.1 Å². The lowest BCUT2D eigenvalue weighted by Gasteiger charge is -2.22. The monoisotopic (exact) mass is 388 g/mol. The third-order valence-corrected chi connectivity index (χ3v) is 4.41. The molecule has 0 N–H and O–H groups in total. The highest BCUT2D eigenvalue weighted by molar-refractivity contribution is 9.10. The number of thiophene rings is 1. The molecule has 0 bridgehead atoms. The Balaban J connectivity index is 2.22. The number of aromatic nitrogens is 1. The van der Waals surface area contributed by atoms with Crippen LogP contribution in [-0.2, 0) is 11.3 Å². The molecule has 0 saturated heterocycles. The Kier molecular flexibility index (Phi) is 6.17. The fraction of sp³-hybridized carbons (Fsp3) is 0.286. The molecule has 0 aromatic carbocycles. The topological polar surface area (TPSA) is 42.4 Å². The minimum absolute atomic E-state index is 0.153. The first-order valence-corrected chi connectivity index (χ1v) is 8.28. The van der Waals surface area contributed by atoms with Crippen LogP contribution < -0.4 is 0 Å². The number of rotatable bonds is 6. The molecular weight excluding hydrogens is 376 g/mol. The number of nitrogens with zero attached hydrogens (tertiary/aromatic N) is 2. The summed E-state index contributed by atoms with van der Waals surface area (Å²) in [5.41, 5.74) is 0.388. The summed E-state index contributed by atoms with van der Waals surface area (Å²) < 4.78 is 5.80. The molecule has 2 aromatic rings. The second kappa shape index (κ2) is 7.89. The van der Waals surface area contributed by atoms with Gasteiger partial charge in [0.2, 0.25) is 0 Å². The van der Waals surface area contributed by atoms with Crippen molar-refractivity contribution in [1.82, 2.24) is 9.88 Å². The lowest BCUT2D eigenvalue weighted by molar-refractivity contribution is 0.0682. The average molecular weight is 390 g/mol. The van der Waals surface area contributed by atoms with Crippen LogP contribution in [0.2, 0.25) is 5.15 Å². The highest BCUT2D eigenvalue weighted by Gasteiger charge is 2.20. The average Bonchev–Trinajstić information content (AvgIpc) is 2.98. The second-order valence-electron chi connectivity index (χ2n) is 4.29. The van der Waals surface area contributed by atoms with Crippen LogP contribution in [0.1, 0.15) is 15.2 Å². The third kappa shape index (κ3) is 4.51. The van der Waals surface area contributed by atoms with Crippen molar-refractivity contribution in [3.05, 3.63) is 49.8 Å². The standard InChI is InChI=1S/C14H14BrClN2O2S/c1-20-5-4-18(9-11-3-2-6-21-11)14(19)12-7-10(15)8-17-13(12)16/h2-3,6-8H,4-5,9H2,1H3. The molecule has 0 aliphatic carbocycles. The Labute approximate surface area is 140 Å². The molecule has 0 saturated carbocycles. The molecule has 112 valence electrons. The molecule has 0 radical (unpaired) electrons. The van der Waals surface area contributed by atoms with Crippen LogP contribution in [0, 0.1) is 0 Å². The predicted molar refractivity (Wildman–Crippen MR) is 87.9 cm³/mol. The summed E-state index contributed by atoms with van der Waals surface area (Å²) in [5, 5.41) is 2.19. The number of amides is 1. The first-order valence-electron chi connectivity index (χ1n) is 6.23. The molecule has 0 atom stereocenters. The Hall–Kier alpha value is -0.950. The Bertz CT molecular complexity index is 607. The summed E-state index contributed by atoms with van der Waals surface area (Å²) in [6.45, 7) is 1.49. The smallest absolute Gasteiger partial charge is 0.257 e. The lowest BCUT2D eigenvalue weighted by atomic mass is 10.2. The Morgan fingerprint density at radius 2 is 2.38 bits per heavy atom. The second-order valence-corrected chi connectivity index (χ2v) is 6.60. The van der Waals surface area contributed by atoms with Gasteiger partial charge in [-0.3, -0.25) is 4.79 Å². The van der Waals surface area contributed by atoms with Gasteiger partial charge in [-0.2, -0.15) is 0 Å². The van der Waals surface area contributed by atoms with Crippen molar-refractivity contribution < 1.29 is 9.53 Å². The van der Waals surface area contributed by atoms with E-state index in [1.807, 2.05) is 17.5 Å². The lowest BCUT2D eigenvalue weighted by Crippen LogP contribution is -2.33. The Morgan fingerprint density at radius 3 is 3.05 bits per heavy atom. The maximum absolute atomic E-state index is 12.7. The molecule has 21 heavy (non-hydrogen) atoms. The molecule has 2 heterocycles. The van der Waals surface area contributed by atoms with Gasteiger partial charge in [-0.1, -0.05) is 17.7 Å². The number of carbonyl (C=O) groups is 1. The van der Waals surface area contributed by atoms with E-state index in [1.54, 1.807) is 35.6 Å². The fourth-order valence-electron chi connectivity index (χ4n) is 1.79. The molecule has 0 fully saturated rings. The largest absolute Gasteiger partial charge is 0.383 e. The van der Waals surface area contributed by atoms with E-state index >= 15 is 0 Å². The summed E-state index contributed by atoms with van der Waals surface area (Å²) in [5.74, 6) is -0.153. The number of pyridine rings is 1. The van der Waals surface area contributed by atoms with Crippen LogP contribution in [0.4, 0.5) is 0 Å². The molecule has 0 aliphatic rings. The zero-order valence-electron chi connectivity index (χ0n) is 11.4. The van der Waals surface area contributed by atoms with Gasteiger partial charge < -0.3 is 9.64 Å². The van der Waals surface area contributed by atoms with Gasteiger partial charge in [0.05, 0.1) is 18.7 Å². The van der Waals surface area contributed by atoms with E-state index in [1.165, 1.54) is 0 Å². The van der Waals surface area contributed by atoms with Gasteiger partial charge in [0.25, 0.3) is 5.91 Å². The van der Waals surface area contributed by atoms with Gasteiger partial charge >= 0.3 is 0 Å². The summed E-state index contributed by atoms with van der Waals surface area (Å²) >= 11 is 11.0. The van der Waals surface area contributed by atoms with E-state index < -0.39 is 0 Å². The molecule has 7 heteroatoms. The molecule has 0 spiro atoms. The first kappa shape index (κ1) is 16.4. The maximum Gasteiger partial charge on any atom is 0.257 e. The van der Waals surface area contributed by atoms with Crippen LogP contribution in [0.15, 0.2) is 34.2 Å². The van der Waals surface area contributed by atoms with E-state index in [2.05, 4.69) is 20.9 Å². The minimum Gasteiger partial charge on any atom is -0.383 e. The first-order chi connectivity index (χ1) is 10.1. The van der Waals surface area contributed by atoms with Crippen molar-refractivity contribution in [2.45, 2.75) is 6.54 Å². The summed E-state index contributed by atoms with van der Waals surface area (Å²) in [6.07, 6.45) is 1.57. The van der Waals surface area contributed by atoms with E-state index in [4.69, 9.17) is 16.3 Å². The SMILES string of the molecule is COCCN(Cc1cccs1)C(=O)c1cc(Br)cnc1Cl. The summed E-state index contributed by atoms with van der Waals surface area (Å²) in [7, 11) is 1.61. The number of hydrogen-bond donors (Lipinski definition) is 0. The van der Waals surface area contributed by atoms with Gasteiger partial charge in [-0.25, -0.2) is 4.98 Å². The zero-order valence-corrected chi connectivity index (χ0v) is 14.5. The van der Waals surface area contributed by atoms with Crippen LogP contribution in [0.3, 0.4) is 0 Å². The van der Waals surface area contributed by atoms with E-state index in [0.717, 1.165) is 9.35 Å². The van der Waals surface area contributed by atoms with Crippen LogP contribution in [-0.4, -0.2) is 36.1 Å². The molecule has 2 aromatic heterocycles. The molecule has 0 aliphatic heterocycles. The van der Waals surface area contributed by atoms with Gasteiger partial charge in [0.15, 0.2) is 0 Å². The molecular formula is C14H14BrClN2O2S. The van der Waals surface area contributed by atoms with Gasteiger partial charge in [0, 0.05) is 29.2 Å². The van der Waals surface area contributed by atoms with Crippen molar-refractivity contribution in [3.8, 4) is 0 Å². The molecule has 0 unspecified atom stereocenters. The van der Waals surface area contributed by atoms with Crippen molar-refractivity contribution in [2.75, 3.05) is 20.3 Å². The van der Waals surface area contributed by atoms with Gasteiger partial charge in [-0.15, -0.1) is 11.3 Å². The highest BCUT2D eigenvalue weighted by atomic mass is 79.9. The highest BCUT2D eigenvalue weighted by Crippen LogP contribution is 2.21. The van der Waals surface area contributed by atoms with Crippen molar-refractivity contribution >= 4 is 44.8 Å². The molecule has 1 amide bonds. The number of ether oxygens (including phenoxy) is 1. The minimum atomic E-state index is -0.153. The van der Waals surface area contributed by atoms with Crippen molar-refractivity contribution in [2.24, 2.45) is 0 Å². The van der Waals surface area contributed by atoms with Gasteiger partial charge in [0.1, 0.15) is 5.15 Å². The third-order valence-electron chi connectivity index (χ3n) is 2.82. The number of methoxy groups -OCH3 is 1. The number of hydrogen-bond acceptors (Lipinski definition) is 4. The Morgan fingerprint density at radius 1 is 1.57 bits per heavy atom. The normalized spacial score (nSPS) is 10.6. The molecule has 4 nitrogen and oxygen atoms in total. The predicted octanol–water partition coefficient (Wildman–Crippen LogP) is 3.85. The molecule has 2 rings (SSSR count). The maximum atomic E-state index is 12.7. The van der Waals surface area contributed by atoms with Crippen LogP contribution in [0.5, 0.6) is 0 Å². The quantitative estimate of drug-likeness (QED) is 0.705. The van der Waals surface area contributed by atoms with Crippen molar-refractivity contribution in [3.63, 3.8) is 0 Å².